The van der Waals surface area contributed by atoms with E-state index in [1.165, 1.54) is 11.1 Å². The molecule has 164 valence electrons. The van der Waals surface area contributed by atoms with Crippen molar-refractivity contribution in [2.24, 2.45) is 4.99 Å². The summed E-state index contributed by atoms with van der Waals surface area (Å²) >= 11 is 0. The number of methoxy groups -OCH3 is 1. The number of benzene rings is 2. The first-order valence-corrected chi connectivity index (χ1v) is 10.8. The predicted octanol–water partition coefficient (Wildman–Crippen LogP) is 3.39. The number of nitrogens with one attached hydrogen (secondary N) is 2. The van der Waals surface area contributed by atoms with Crippen LogP contribution in [0, 0.1) is 0 Å². The fourth-order valence-electron chi connectivity index (χ4n) is 3.31. The van der Waals surface area contributed by atoms with Crippen LogP contribution in [0.3, 0.4) is 0 Å². The van der Waals surface area contributed by atoms with E-state index in [9.17, 15) is 0 Å². The van der Waals surface area contributed by atoms with E-state index in [0.29, 0.717) is 6.54 Å². The van der Waals surface area contributed by atoms with Crippen molar-refractivity contribution in [3.05, 3.63) is 77.9 Å². The maximum atomic E-state index is 5.23. The molecule has 0 saturated carbocycles. The van der Waals surface area contributed by atoms with Crippen molar-refractivity contribution < 1.29 is 4.74 Å². The van der Waals surface area contributed by atoms with Gasteiger partial charge in [-0.1, -0.05) is 49.4 Å². The molecule has 0 radical (unpaired) electrons. The summed E-state index contributed by atoms with van der Waals surface area (Å²) in [6.07, 6.45) is 3.51. The van der Waals surface area contributed by atoms with Crippen LogP contribution in [0.25, 0.3) is 0 Å². The van der Waals surface area contributed by atoms with Gasteiger partial charge in [0.2, 0.25) is 0 Å². The lowest BCUT2D eigenvalue weighted by Gasteiger charge is -2.19. The molecule has 0 amide bonds. The summed E-state index contributed by atoms with van der Waals surface area (Å²) in [5.41, 5.74) is 2.45. The second-order valence-corrected chi connectivity index (χ2v) is 7.33. The maximum absolute atomic E-state index is 5.23. The predicted molar refractivity (Wildman–Crippen MR) is 124 cm³/mol. The first kappa shape index (κ1) is 22.3. The molecule has 1 atom stereocenters. The van der Waals surface area contributed by atoms with Crippen LogP contribution in [-0.4, -0.2) is 40.9 Å². The summed E-state index contributed by atoms with van der Waals surface area (Å²) in [4.78, 5) is 4.81. The van der Waals surface area contributed by atoms with Crippen molar-refractivity contribution in [3.8, 4) is 5.75 Å². The SMILES string of the molecule is CCc1nncn1CCNC(=NCCc1ccc(OC)cc1)NC(C)c1ccccc1. The van der Waals surface area contributed by atoms with E-state index in [2.05, 4.69) is 75.6 Å². The lowest BCUT2D eigenvalue weighted by molar-refractivity contribution is 0.414. The van der Waals surface area contributed by atoms with Crippen molar-refractivity contribution in [1.29, 1.82) is 0 Å². The largest absolute Gasteiger partial charge is 0.497 e. The van der Waals surface area contributed by atoms with E-state index in [1.54, 1.807) is 13.4 Å². The smallest absolute Gasteiger partial charge is 0.191 e. The van der Waals surface area contributed by atoms with Gasteiger partial charge in [0.05, 0.1) is 13.2 Å². The molecule has 7 nitrogen and oxygen atoms in total. The fraction of sp³-hybridized carbons (Fsp3) is 0.375. The van der Waals surface area contributed by atoms with Gasteiger partial charge < -0.3 is 19.9 Å². The second kappa shape index (κ2) is 11.7. The number of aromatic nitrogens is 3. The molecule has 1 unspecified atom stereocenters. The van der Waals surface area contributed by atoms with Crippen LogP contribution in [0.4, 0.5) is 0 Å². The Morgan fingerprint density at radius 1 is 1.13 bits per heavy atom. The molecule has 3 rings (SSSR count). The summed E-state index contributed by atoms with van der Waals surface area (Å²) in [6, 6.07) is 18.7. The van der Waals surface area contributed by atoms with Crippen LogP contribution in [0.1, 0.15) is 36.8 Å². The van der Waals surface area contributed by atoms with E-state index in [0.717, 1.165) is 43.5 Å². The van der Waals surface area contributed by atoms with Gasteiger partial charge in [0.25, 0.3) is 0 Å². The summed E-state index contributed by atoms with van der Waals surface area (Å²) in [5, 5.41) is 15.1. The van der Waals surface area contributed by atoms with Gasteiger partial charge in [-0.25, -0.2) is 0 Å². The Morgan fingerprint density at radius 3 is 2.61 bits per heavy atom. The summed E-state index contributed by atoms with van der Waals surface area (Å²) in [5.74, 6) is 2.66. The minimum Gasteiger partial charge on any atom is -0.497 e. The number of aryl methyl sites for hydroxylation is 1. The maximum Gasteiger partial charge on any atom is 0.191 e. The number of nitrogens with zero attached hydrogens (tertiary/aromatic N) is 4. The number of hydrogen-bond acceptors (Lipinski definition) is 4. The molecule has 1 aromatic heterocycles. The molecular weight excluding hydrogens is 388 g/mol. The van der Waals surface area contributed by atoms with Gasteiger partial charge in [-0.05, 0) is 36.6 Å². The van der Waals surface area contributed by atoms with Crippen LogP contribution >= 0.6 is 0 Å². The highest BCUT2D eigenvalue weighted by Gasteiger charge is 2.08. The van der Waals surface area contributed by atoms with Crippen molar-refractivity contribution in [3.63, 3.8) is 0 Å². The van der Waals surface area contributed by atoms with Crippen molar-refractivity contribution in [1.82, 2.24) is 25.4 Å². The van der Waals surface area contributed by atoms with Crippen molar-refractivity contribution >= 4 is 5.96 Å². The lowest BCUT2D eigenvalue weighted by atomic mass is 10.1. The Bertz CT molecular complexity index is 936. The molecule has 0 aliphatic heterocycles. The molecule has 0 bridgehead atoms. The molecule has 0 aliphatic rings. The van der Waals surface area contributed by atoms with E-state index in [4.69, 9.17) is 9.73 Å². The fourth-order valence-corrected chi connectivity index (χ4v) is 3.31. The van der Waals surface area contributed by atoms with E-state index >= 15 is 0 Å². The minimum absolute atomic E-state index is 0.148. The average Bonchev–Trinajstić information content (AvgIpc) is 3.27. The monoisotopic (exact) mass is 420 g/mol. The minimum atomic E-state index is 0.148. The third-order valence-electron chi connectivity index (χ3n) is 5.14. The molecule has 2 aromatic carbocycles. The average molecular weight is 421 g/mol. The van der Waals surface area contributed by atoms with Crippen LogP contribution in [0.15, 0.2) is 65.9 Å². The van der Waals surface area contributed by atoms with Gasteiger partial charge in [0, 0.05) is 26.1 Å². The molecule has 1 heterocycles. The molecule has 2 N–H and O–H groups in total. The summed E-state index contributed by atoms with van der Waals surface area (Å²) in [6.45, 7) is 6.44. The first-order chi connectivity index (χ1) is 15.2. The zero-order chi connectivity index (χ0) is 21.9. The van der Waals surface area contributed by atoms with Gasteiger partial charge in [0.15, 0.2) is 5.96 Å². The number of hydrogen-bond donors (Lipinski definition) is 2. The number of guanidine groups is 1. The first-order valence-electron chi connectivity index (χ1n) is 10.8. The quantitative estimate of drug-likeness (QED) is 0.388. The van der Waals surface area contributed by atoms with Gasteiger partial charge in [-0.2, -0.15) is 0 Å². The molecule has 31 heavy (non-hydrogen) atoms. The highest BCUT2D eigenvalue weighted by atomic mass is 16.5. The normalized spacial score (nSPS) is 12.4. The van der Waals surface area contributed by atoms with Gasteiger partial charge in [-0.15, -0.1) is 10.2 Å². The van der Waals surface area contributed by atoms with Gasteiger partial charge >= 0.3 is 0 Å². The molecule has 0 aliphatic carbocycles. The third-order valence-corrected chi connectivity index (χ3v) is 5.14. The zero-order valence-corrected chi connectivity index (χ0v) is 18.6. The van der Waals surface area contributed by atoms with E-state index in [1.807, 2.05) is 18.2 Å². The molecular formula is C24H32N6O. The van der Waals surface area contributed by atoms with Crippen molar-refractivity contribution in [2.45, 2.75) is 39.3 Å². The Hall–Kier alpha value is -3.35. The van der Waals surface area contributed by atoms with Crippen LogP contribution in [-0.2, 0) is 19.4 Å². The Morgan fingerprint density at radius 2 is 1.90 bits per heavy atom. The Kier molecular flexibility index (Phi) is 8.46. The number of aliphatic imine (C=N–C) groups is 1. The van der Waals surface area contributed by atoms with Crippen LogP contribution < -0.4 is 15.4 Å². The Labute approximate surface area is 184 Å². The third kappa shape index (κ3) is 6.84. The highest BCUT2D eigenvalue weighted by Crippen LogP contribution is 2.12. The van der Waals surface area contributed by atoms with Crippen molar-refractivity contribution in [2.75, 3.05) is 20.2 Å². The van der Waals surface area contributed by atoms with E-state index < -0.39 is 0 Å². The Balaban J connectivity index is 1.61. The van der Waals surface area contributed by atoms with Gasteiger partial charge in [-0.3, -0.25) is 4.99 Å². The zero-order valence-electron chi connectivity index (χ0n) is 18.6. The van der Waals surface area contributed by atoms with Gasteiger partial charge in [0.1, 0.15) is 17.9 Å². The van der Waals surface area contributed by atoms with E-state index in [-0.39, 0.29) is 6.04 Å². The molecule has 0 saturated heterocycles. The van der Waals surface area contributed by atoms with Crippen LogP contribution in [0.2, 0.25) is 0 Å². The lowest BCUT2D eigenvalue weighted by Crippen LogP contribution is -2.40. The molecule has 3 aromatic rings. The van der Waals surface area contributed by atoms with Crippen LogP contribution in [0.5, 0.6) is 5.75 Å². The number of rotatable bonds is 10. The molecule has 0 spiro atoms. The second-order valence-electron chi connectivity index (χ2n) is 7.33. The standard InChI is InChI=1S/C24H32N6O/c1-4-23-29-27-18-30(23)17-16-26-24(28-19(2)21-8-6-5-7-9-21)25-15-14-20-10-12-22(31-3)13-11-20/h5-13,18-19H,4,14-17H2,1-3H3,(H2,25,26,28). The molecule has 7 heteroatoms. The molecule has 0 fully saturated rings. The topological polar surface area (TPSA) is 76.4 Å². The number of ether oxygens (including phenoxy) is 1. The highest BCUT2D eigenvalue weighted by molar-refractivity contribution is 5.80. The summed E-state index contributed by atoms with van der Waals surface area (Å²) in [7, 11) is 1.68. The summed E-state index contributed by atoms with van der Waals surface area (Å²) < 4.78 is 7.30.